The topological polar surface area (TPSA) is 51.2 Å². The van der Waals surface area contributed by atoms with Crippen LogP contribution in [0.15, 0.2) is 30.3 Å². The lowest BCUT2D eigenvalue weighted by atomic mass is 10.1. The van der Waals surface area contributed by atoms with E-state index in [0.717, 1.165) is 5.56 Å². The zero-order valence-corrected chi connectivity index (χ0v) is 12.3. The van der Waals surface area contributed by atoms with Crippen molar-refractivity contribution in [3.05, 3.63) is 52.3 Å². The molecule has 1 N–H and O–H groups in total. The molecule has 0 aliphatic heterocycles. The maximum atomic E-state index is 12.3. The Labute approximate surface area is 122 Å². The molecule has 2 rings (SSSR count). The minimum absolute atomic E-state index is 0.238. The fourth-order valence-electron chi connectivity index (χ4n) is 1.85. The van der Waals surface area contributed by atoms with Gasteiger partial charge < -0.3 is 10.1 Å². The quantitative estimate of drug-likeness (QED) is 0.879. The van der Waals surface area contributed by atoms with Gasteiger partial charge in [-0.15, -0.1) is 0 Å². The number of nitrogens with zero attached hydrogens (tertiary/aromatic N) is 1. The summed E-state index contributed by atoms with van der Waals surface area (Å²) in [5.74, 6) is 0.297. The van der Waals surface area contributed by atoms with E-state index in [0.29, 0.717) is 27.8 Å². The first-order valence-corrected chi connectivity index (χ1v) is 6.48. The van der Waals surface area contributed by atoms with Crippen molar-refractivity contribution in [3.63, 3.8) is 0 Å². The van der Waals surface area contributed by atoms with Crippen LogP contribution in [0.5, 0.6) is 5.75 Å². The molecule has 20 heavy (non-hydrogen) atoms. The third-order valence-electron chi connectivity index (χ3n) is 2.90. The molecule has 0 saturated carbocycles. The first-order chi connectivity index (χ1) is 9.51. The Morgan fingerprint density at radius 1 is 1.25 bits per heavy atom. The number of benzene rings is 1. The van der Waals surface area contributed by atoms with Crippen LogP contribution in [0, 0.1) is 13.8 Å². The second-order valence-electron chi connectivity index (χ2n) is 4.42. The van der Waals surface area contributed by atoms with Gasteiger partial charge in [0, 0.05) is 0 Å². The first kappa shape index (κ1) is 14.3. The van der Waals surface area contributed by atoms with Crippen LogP contribution in [0.25, 0.3) is 0 Å². The molecule has 0 spiro atoms. The monoisotopic (exact) mass is 290 g/mol. The lowest BCUT2D eigenvalue weighted by Crippen LogP contribution is -2.14. The first-order valence-electron chi connectivity index (χ1n) is 6.10. The number of methoxy groups -OCH3 is 1. The Bertz CT molecular complexity index is 656. The molecule has 0 saturated heterocycles. The number of hydrogen-bond donors (Lipinski definition) is 1. The molecule has 104 valence electrons. The number of aryl methyl sites for hydroxylation is 2. The van der Waals surface area contributed by atoms with E-state index < -0.39 is 0 Å². The van der Waals surface area contributed by atoms with Crippen molar-refractivity contribution in [1.29, 1.82) is 0 Å². The van der Waals surface area contributed by atoms with E-state index in [1.54, 1.807) is 31.2 Å². The molecule has 2 aromatic rings. The predicted molar refractivity (Wildman–Crippen MR) is 79.7 cm³/mol. The van der Waals surface area contributed by atoms with E-state index in [4.69, 9.17) is 16.3 Å². The molecule has 0 atom stereocenters. The summed E-state index contributed by atoms with van der Waals surface area (Å²) in [5, 5.41) is 3.21. The van der Waals surface area contributed by atoms with E-state index in [-0.39, 0.29) is 5.91 Å². The third-order valence-corrected chi connectivity index (χ3v) is 3.11. The number of rotatable bonds is 3. The van der Waals surface area contributed by atoms with Gasteiger partial charge in [0.2, 0.25) is 0 Å². The Hall–Kier alpha value is -2.07. The normalized spacial score (nSPS) is 10.2. The molecule has 0 radical (unpaired) electrons. The molecule has 4 nitrogen and oxygen atoms in total. The summed E-state index contributed by atoms with van der Waals surface area (Å²) in [5.41, 5.74) is 2.77. The number of halogens is 1. The Balaban J connectivity index is 2.30. The number of carbonyl (C=O) groups excluding carboxylic acids is 1. The van der Waals surface area contributed by atoms with E-state index in [2.05, 4.69) is 10.3 Å². The average molecular weight is 291 g/mol. The molecule has 1 heterocycles. The molecule has 1 aromatic carbocycles. The summed E-state index contributed by atoms with van der Waals surface area (Å²) in [6.07, 6.45) is 0. The standard InChI is InChI=1S/C15H15ClN2O2/c1-9-4-6-13(20-3)11(8-9)15(19)18-12-5-7-14(16)17-10(12)2/h4-8H,1-3H3,(H,18,19). The average Bonchev–Trinajstić information content (AvgIpc) is 2.41. The molecule has 1 aromatic heterocycles. The van der Waals surface area contributed by atoms with Crippen LogP contribution in [0.1, 0.15) is 21.6 Å². The highest BCUT2D eigenvalue weighted by Crippen LogP contribution is 2.22. The van der Waals surface area contributed by atoms with Gasteiger partial charge >= 0.3 is 0 Å². The van der Waals surface area contributed by atoms with E-state index in [1.807, 2.05) is 13.0 Å². The van der Waals surface area contributed by atoms with Gasteiger partial charge in [-0.05, 0) is 38.1 Å². The van der Waals surface area contributed by atoms with Gasteiger partial charge in [0.15, 0.2) is 0 Å². The Morgan fingerprint density at radius 3 is 2.65 bits per heavy atom. The fourth-order valence-corrected chi connectivity index (χ4v) is 2.04. The molecular formula is C15H15ClN2O2. The number of amides is 1. The number of anilines is 1. The van der Waals surface area contributed by atoms with Crippen molar-refractivity contribution in [2.45, 2.75) is 13.8 Å². The number of carbonyl (C=O) groups is 1. The van der Waals surface area contributed by atoms with Gasteiger partial charge in [-0.2, -0.15) is 0 Å². The van der Waals surface area contributed by atoms with Crippen LogP contribution in [0.4, 0.5) is 5.69 Å². The SMILES string of the molecule is COc1ccc(C)cc1C(=O)Nc1ccc(Cl)nc1C. The molecular weight excluding hydrogens is 276 g/mol. The number of pyridine rings is 1. The molecule has 0 unspecified atom stereocenters. The maximum Gasteiger partial charge on any atom is 0.259 e. The van der Waals surface area contributed by atoms with Crippen LogP contribution in [0.2, 0.25) is 5.15 Å². The molecule has 1 amide bonds. The second-order valence-corrected chi connectivity index (χ2v) is 4.81. The van der Waals surface area contributed by atoms with Crippen LogP contribution < -0.4 is 10.1 Å². The Kier molecular flexibility index (Phi) is 4.25. The van der Waals surface area contributed by atoms with Crippen molar-refractivity contribution in [2.24, 2.45) is 0 Å². The lowest BCUT2D eigenvalue weighted by Gasteiger charge is -2.11. The van der Waals surface area contributed by atoms with Gasteiger partial charge in [0.1, 0.15) is 10.9 Å². The van der Waals surface area contributed by atoms with Gasteiger partial charge in [0.05, 0.1) is 24.1 Å². The lowest BCUT2D eigenvalue weighted by molar-refractivity contribution is 0.102. The van der Waals surface area contributed by atoms with Crippen molar-refractivity contribution < 1.29 is 9.53 Å². The van der Waals surface area contributed by atoms with Crippen LogP contribution in [-0.2, 0) is 0 Å². The molecule has 0 aliphatic rings. The number of aromatic nitrogens is 1. The number of nitrogens with one attached hydrogen (secondary N) is 1. The van der Waals surface area contributed by atoms with Crippen LogP contribution >= 0.6 is 11.6 Å². The van der Waals surface area contributed by atoms with Crippen LogP contribution in [-0.4, -0.2) is 18.0 Å². The summed E-state index contributed by atoms with van der Waals surface area (Å²) < 4.78 is 5.21. The van der Waals surface area contributed by atoms with Gasteiger partial charge in [-0.3, -0.25) is 4.79 Å². The maximum absolute atomic E-state index is 12.3. The van der Waals surface area contributed by atoms with E-state index in [9.17, 15) is 4.79 Å². The third kappa shape index (κ3) is 3.08. The largest absolute Gasteiger partial charge is 0.496 e. The summed E-state index contributed by atoms with van der Waals surface area (Å²) in [6.45, 7) is 3.71. The smallest absolute Gasteiger partial charge is 0.259 e. The van der Waals surface area contributed by atoms with Crippen molar-refractivity contribution >= 4 is 23.2 Å². The highest BCUT2D eigenvalue weighted by Gasteiger charge is 2.14. The second kappa shape index (κ2) is 5.92. The minimum Gasteiger partial charge on any atom is -0.496 e. The molecule has 0 fully saturated rings. The summed E-state index contributed by atoms with van der Waals surface area (Å²) in [6, 6.07) is 8.82. The van der Waals surface area contributed by atoms with Crippen molar-refractivity contribution in [1.82, 2.24) is 4.98 Å². The summed E-state index contributed by atoms with van der Waals surface area (Å²) >= 11 is 5.80. The van der Waals surface area contributed by atoms with Crippen molar-refractivity contribution in [2.75, 3.05) is 12.4 Å². The molecule has 0 bridgehead atoms. The summed E-state index contributed by atoms with van der Waals surface area (Å²) in [4.78, 5) is 16.4. The van der Waals surface area contributed by atoms with E-state index in [1.165, 1.54) is 7.11 Å². The van der Waals surface area contributed by atoms with Gasteiger partial charge in [-0.25, -0.2) is 4.98 Å². The highest BCUT2D eigenvalue weighted by molar-refractivity contribution is 6.29. The van der Waals surface area contributed by atoms with Gasteiger partial charge in [-0.1, -0.05) is 23.2 Å². The zero-order chi connectivity index (χ0) is 14.7. The van der Waals surface area contributed by atoms with Crippen molar-refractivity contribution in [3.8, 4) is 5.75 Å². The fraction of sp³-hybridized carbons (Fsp3) is 0.200. The molecule has 0 aliphatic carbocycles. The summed E-state index contributed by atoms with van der Waals surface area (Å²) in [7, 11) is 1.54. The highest BCUT2D eigenvalue weighted by atomic mass is 35.5. The zero-order valence-electron chi connectivity index (χ0n) is 11.5. The minimum atomic E-state index is -0.238. The predicted octanol–water partition coefficient (Wildman–Crippen LogP) is 3.61. The Morgan fingerprint density at radius 2 is 2.00 bits per heavy atom. The number of ether oxygens (including phenoxy) is 1. The number of hydrogen-bond acceptors (Lipinski definition) is 3. The van der Waals surface area contributed by atoms with Crippen LogP contribution in [0.3, 0.4) is 0 Å². The van der Waals surface area contributed by atoms with Gasteiger partial charge in [0.25, 0.3) is 5.91 Å². The van der Waals surface area contributed by atoms with E-state index >= 15 is 0 Å². The molecule has 5 heteroatoms.